The van der Waals surface area contributed by atoms with Gasteiger partial charge in [0, 0.05) is 6.54 Å². The highest BCUT2D eigenvalue weighted by atomic mass is 16.6. The second kappa shape index (κ2) is 7.00. The van der Waals surface area contributed by atoms with Crippen LogP contribution in [-0.4, -0.2) is 35.3 Å². The van der Waals surface area contributed by atoms with Crippen molar-refractivity contribution in [3.05, 3.63) is 35.9 Å². The van der Waals surface area contributed by atoms with E-state index in [0.717, 1.165) is 5.56 Å². The van der Waals surface area contributed by atoms with E-state index in [2.05, 4.69) is 0 Å². The van der Waals surface area contributed by atoms with Crippen LogP contribution >= 0.6 is 0 Å². The minimum Gasteiger partial charge on any atom is -0.461 e. The molecule has 1 aliphatic heterocycles. The molecule has 1 heterocycles. The van der Waals surface area contributed by atoms with E-state index in [9.17, 15) is 9.59 Å². The zero-order valence-corrected chi connectivity index (χ0v) is 13.8. The lowest BCUT2D eigenvalue weighted by Crippen LogP contribution is -2.47. The Kier molecular flexibility index (Phi) is 5.26. The summed E-state index contributed by atoms with van der Waals surface area (Å²) in [5, 5.41) is 0. The van der Waals surface area contributed by atoms with Gasteiger partial charge < -0.3 is 15.2 Å². The second-order valence-electron chi connectivity index (χ2n) is 6.65. The molecule has 2 atom stereocenters. The molecule has 6 nitrogen and oxygen atoms in total. The van der Waals surface area contributed by atoms with Crippen LogP contribution in [0.25, 0.3) is 0 Å². The molecule has 0 aromatic heterocycles. The fraction of sp³-hybridized carbons (Fsp3) is 0.529. The zero-order valence-electron chi connectivity index (χ0n) is 13.8. The normalized spacial score (nSPS) is 21.1. The molecular formula is C17H24N2O4. The van der Waals surface area contributed by atoms with Crippen molar-refractivity contribution in [1.82, 2.24) is 4.90 Å². The molecule has 1 unspecified atom stereocenters. The van der Waals surface area contributed by atoms with Crippen molar-refractivity contribution in [3.8, 4) is 0 Å². The summed E-state index contributed by atoms with van der Waals surface area (Å²) >= 11 is 0. The Bertz CT molecular complexity index is 553. The Morgan fingerprint density at radius 1 is 1.26 bits per heavy atom. The van der Waals surface area contributed by atoms with Crippen LogP contribution in [0.4, 0.5) is 4.79 Å². The van der Waals surface area contributed by atoms with Gasteiger partial charge in [-0.15, -0.1) is 0 Å². The molecule has 0 radical (unpaired) electrons. The summed E-state index contributed by atoms with van der Waals surface area (Å²) in [4.78, 5) is 25.7. The lowest BCUT2D eigenvalue weighted by molar-refractivity contribution is -0.150. The molecule has 1 aliphatic rings. The van der Waals surface area contributed by atoms with Gasteiger partial charge in [0.1, 0.15) is 12.2 Å². The van der Waals surface area contributed by atoms with Crippen molar-refractivity contribution in [2.45, 2.75) is 45.6 Å². The van der Waals surface area contributed by atoms with Gasteiger partial charge in [-0.1, -0.05) is 30.3 Å². The molecule has 23 heavy (non-hydrogen) atoms. The van der Waals surface area contributed by atoms with Crippen LogP contribution in [0.3, 0.4) is 0 Å². The minimum absolute atomic E-state index is 0.204. The minimum atomic E-state index is -0.715. The molecular weight excluding hydrogens is 296 g/mol. The zero-order chi connectivity index (χ0) is 17.0. The molecule has 0 spiro atoms. The van der Waals surface area contributed by atoms with Crippen LogP contribution in [0, 0.1) is 5.92 Å². The predicted molar refractivity (Wildman–Crippen MR) is 85.3 cm³/mol. The van der Waals surface area contributed by atoms with Crippen molar-refractivity contribution in [1.29, 1.82) is 0 Å². The van der Waals surface area contributed by atoms with E-state index in [1.54, 1.807) is 20.8 Å². The number of carbonyl (C=O) groups excluding carboxylic acids is 2. The highest BCUT2D eigenvalue weighted by molar-refractivity contribution is 5.76. The summed E-state index contributed by atoms with van der Waals surface area (Å²) < 4.78 is 10.6. The fourth-order valence-electron chi connectivity index (χ4n) is 2.44. The number of rotatable bonds is 3. The van der Waals surface area contributed by atoms with E-state index in [4.69, 9.17) is 15.2 Å². The van der Waals surface area contributed by atoms with Crippen LogP contribution in [0.1, 0.15) is 32.8 Å². The number of carbonyl (C=O) groups is 2. The first-order valence-electron chi connectivity index (χ1n) is 7.74. The van der Waals surface area contributed by atoms with Gasteiger partial charge in [0.05, 0.1) is 12.1 Å². The van der Waals surface area contributed by atoms with E-state index in [1.165, 1.54) is 4.90 Å². The van der Waals surface area contributed by atoms with E-state index in [1.807, 2.05) is 30.3 Å². The van der Waals surface area contributed by atoms with Crippen LogP contribution in [0.5, 0.6) is 0 Å². The highest BCUT2D eigenvalue weighted by Crippen LogP contribution is 2.24. The first kappa shape index (κ1) is 17.3. The Morgan fingerprint density at radius 2 is 1.91 bits per heavy atom. The molecule has 0 saturated carbocycles. The first-order valence-corrected chi connectivity index (χ1v) is 7.74. The summed E-state index contributed by atoms with van der Waals surface area (Å²) in [6.07, 6.45) is -0.731. The number of hydrogen-bond donors (Lipinski definition) is 1. The molecule has 2 rings (SSSR count). The fourth-order valence-corrected chi connectivity index (χ4v) is 2.44. The Hall–Kier alpha value is -2.08. The number of amides is 1. The summed E-state index contributed by atoms with van der Waals surface area (Å²) in [6.45, 7) is 5.96. The third-order valence-electron chi connectivity index (χ3n) is 3.61. The monoisotopic (exact) mass is 320 g/mol. The topological polar surface area (TPSA) is 81.9 Å². The molecule has 2 N–H and O–H groups in total. The van der Waals surface area contributed by atoms with Gasteiger partial charge in [-0.3, -0.25) is 9.69 Å². The average Bonchev–Trinajstić information content (AvgIpc) is 2.86. The van der Waals surface area contributed by atoms with Gasteiger partial charge >= 0.3 is 12.1 Å². The van der Waals surface area contributed by atoms with E-state index in [-0.39, 0.29) is 12.6 Å². The predicted octanol–water partition coefficient (Wildman–Crippen LogP) is 2.27. The molecule has 1 fully saturated rings. The molecule has 1 amide bonds. The molecule has 1 saturated heterocycles. The number of hydrogen-bond acceptors (Lipinski definition) is 5. The maximum Gasteiger partial charge on any atom is 0.411 e. The second-order valence-corrected chi connectivity index (χ2v) is 6.65. The molecule has 1 aromatic rings. The smallest absolute Gasteiger partial charge is 0.411 e. The lowest BCUT2D eigenvalue weighted by atomic mass is 10.1. The summed E-state index contributed by atoms with van der Waals surface area (Å²) in [5.74, 6) is -0.904. The summed E-state index contributed by atoms with van der Waals surface area (Å²) in [7, 11) is 0. The number of nitrogens with zero attached hydrogens (tertiary/aromatic N) is 1. The molecule has 0 aliphatic carbocycles. The van der Waals surface area contributed by atoms with Gasteiger partial charge in [0.2, 0.25) is 0 Å². The quantitative estimate of drug-likeness (QED) is 0.864. The van der Waals surface area contributed by atoms with Crippen LogP contribution in [-0.2, 0) is 20.9 Å². The lowest BCUT2D eigenvalue weighted by Gasteiger charge is -2.27. The van der Waals surface area contributed by atoms with Crippen molar-refractivity contribution < 1.29 is 19.1 Å². The number of esters is 1. The highest BCUT2D eigenvalue weighted by Gasteiger charge is 2.41. The van der Waals surface area contributed by atoms with Crippen LogP contribution < -0.4 is 5.73 Å². The number of ether oxygens (including phenoxy) is 2. The SMILES string of the molecule is CC(C)(C)OC(=O)N1CCC(C(=O)OCc2ccccc2)[C@H]1N. The summed E-state index contributed by atoms with van der Waals surface area (Å²) in [5.41, 5.74) is 6.36. The van der Waals surface area contributed by atoms with Crippen molar-refractivity contribution in [2.75, 3.05) is 6.54 Å². The van der Waals surface area contributed by atoms with Gasteiger partial charge in [-0.2, -0.15) is 0 Å². The Balaban J connectivity index is 1.89. The largest absolute Gasteiger partial charge is 0.461 e. The van der Waals surface area contributed by atoms with Gasteiger partial charge in [0.15, 0.2) is 0 Å². The molecule has 126 valence electrons. The van der Waals surface area contributed by atoms with Gasteiger partial charge in [0.25, 0.3) is 0 Å². The standard InChI is InChI=1S/C17H24N2O4/c1-17(2,3)23-16(21)19-10-9-13(14(19)18)15(20)22-11-12-7-5-4-6-8-12/h4-8,13-14H,9-11,18H2,1-3H3/t13?,14-/m0/s1. The van der Waals surface area contributed by atoms with E-state index < -0.39 is 23.8 Å². The van der Waals surface area contributed by atoms with Crippen molar-refractivity contribution >= 4 is 12.1 Å². The van der Waals surface area contributed by atoms with Gasteiger partial charge in [-0.05, 0) is 32.8 Å². The molecule has 1 aromatic carbocycles. The van der Waals surface area contributed by atoms with Crippen molar-refractivity contribution in [3.63, 3.8) is 0 Å². The third-order valence-corrected chi connectivity index (χ3v) is 3.61. The first-order chi connectivity index (χ1) is 10.8. The number of nitrogens with two attached hydrogens (primary N) is 1. The molecule has 6 heteroatoms. The molecule has 0 bridgehead atoms. The van der Waals surface area contributed by atoms with E-state index >= 15 is 0 Å². The van der Waals surface area contributed by atoms with Crippen LogP contribution in [0.2, 0.25) is 0 Å². The van der Waals surface area contributed by atoms with Gasteiger partial charge in [-0.25, -0.2) is 4.79 Å². The van der Waals surface area contributed by atoms with Crippen molar-refractivity contribution in [2.24, 2.45) is 11.7 Å². The Labute approximate surface area is 136 Å². The maximum absolute atomic E-state index is 12.2. The van der Waals surface area contributed by atoms with Crippen LogP contribution in [0.15, 0.2) is 30.3 Å². The maximum atomic E-state index is 12.2. The average molecular weight is 320 g/mol. The third kappa shape index (κ3) is 4.69. The Morgan fingerprint density at radius 3 is 2.52 bits per heavy atom. The summed E-state index contributed by atoms with van der Waals surface area (Å²) in [6, 6.07) is 9.43. The number of likely N-dealkylation sites (tertiary alicyclic amines) is 1. The number of benzene rings is 1. The van der Waals surface area contributed by atoms with E-state index in [0.29, 0.717) is 13.0 Å².